The summed E-state index contributed by atoms with van der Waals surface area (Å²) in [7, 11) is 0. The highest BCUT2D eigenvalue weighted by atomic mass is 79.9. The fourth-order valence-corrected chi connectivity index (χ4v) is 3.85. The second-order valence-corrected chi connectivity index (χ2v) is 7.33. The van der Waals surface area contributed by atoms with Crippen LogP contribution in [0.25, 0.3) is 10.9 Å². The highest BCUT2D eigenvalue weighted by molar-refractivity contribution is 9.10. The lowest BCUT2D eigenvalue weighted by Crippen LogP contribution is -2.24. The van der Waals surface area contributed by atoms with Crippen LogP contribution >= 0.6 is 15.9 Å². The maximum atomic E-state index is 11.1. The van der Waals surface area contributed by atoms with Crippen LogP contribution in [0, 0.1) is 6.92 Å². The van der Waals surface area contributed by atoms with Crippen LogP contribution in [0.1, 0.15) is 40.5 Å². The van der Waals surface area contributed by atoms with Gasteiger partial charge in [-0.1, -0.05) is 28.1 Å². The molecule has 5 heteroatoms. The number of carbonyl (C=O) groups is 1. The molecule has 0 bridgehead atoms. The molecule has 0 saturated carbocycles. The van der Waals surface area contributed by atoms with Crippen LogP contribution in [-0.2, 0) is 0 Å². The maximum absolute atomic E-state index is 11.1. The van der Waals surface area contributed by atoms with E-state index in [1.54, 1.807) is 6.07 Å². The van der Waals surface area contributed by atoms with Gasteiger partial charge in [-0.05, 0) is 55.2 Å². The minimum absolute atomic E-state index is 0.317. The summed E-state index contributed by atoms with van der Waals surface area (Å²) in [5, 5.41) is 1.01. The summed E-state index contributed by atoms with van der Waals surface area (Å²) in [5.74, 6) is 0.955. The van der Waals surface area contributed by atoms with E-state index in [-0.39, 0.29) is 0 Å². The zero-order valence-corrected chi connectivity index (χ0v) is 15.5. The number of aldehydes is 1. The first-order chi connectivity index (χ1) is 12.2. The molecule has 1 unspecified atom stereocenters. The number of carbonyl (C=O) groups excluding carboxylic acids is 1. The third-order valence-electron chi connectivity index (χ3n) is 4.81. The first kappa shape index (κ1) is 16.2. The Hall–Kier alpha value is -2.27. The molecule has 126 valence electrons. The third-order valence-corrected chi connectivity index (χ3v) is 5.34. The van der Waals surface area contributed by atoms with Crippen LogP contribution in [-0.4, -0.2) is 22.8 Å². The van der Waals surface area contributed by atoms with Gasteiger partial charge < -0.3 is 4.90 Å². The quantitative estimate of drug-likeness (QED) is 0.594. The number of anilines is 1. The Morgan fingerprint density at radius 1 is 1.20 bits per heavy atom. The average Bonchev–Trinajstić information content (AvgIpc) is 3.12. The van der Waals surface area contributed by atoms with Crippen molar-refractivity contribution in [3.05, 3.63) is 63.9 Å². The smallest absolute Gasteiger partial charge is 0.168 e. The highest BCUT2D eigenvalue weighted by Gasteiger charge is 2.28. The van der Waals surface area contributed by atoms with E-state index in [1.165, 1.54) is 5.56 Å². The molecular formula is C20H18BrN3O. The molecule has 4 nitrogen and oxygen atoms in total. The molecule has 1 atom stereocenters. The van der Waals surface area contributed by atoms with Gasteiger partial charge in [0.05, 0.1) is 11.6 Å². The number of fused-ring (bicyclic) bond motifs is 1. The van der Waals surface area contributed by atoms with Crippen molar-refractivity contribution in [1.29, 1.82) is 0 Å². The third kappa shape index (κ3) is 2.93. The standard InChI is InChI=1S/C20H18BrN3O/c1-13-11-22-20(17-9-8-16(12-25)23-19(13)17)24-10-2-3-18(24)14-4-6-15(21)7-5-14/h4-9,11-12,18H,2-3,10H2,1H3. The van der Waals surface area contributed by atoms with Gasteiger partial charge in [-0.3, -0.25) is 4.79 Å². The Morgan fingerprint density at radius 3 is 2.76 bits per heavy atom. The van der Waals surface area contributed by atoms with E-state index < -0.39 is 0 Å². The summed E-state index contributed by atoms with van der Waals surface area (Å²) < 4.78 is 1.09. The van der Waals surface area contributed by atoms with Crippen LogP contribution in [0.4, 0.5) is 5.82 Å². The van der Waals surface area contributed by atoms with Gasteiger partial charge in [0.1, 0.15) is 11.5 Å². The first-order valence-electron chi connectivity index (χ1n) is 8.41. The molecule has 0 spiro atoms. The molecule has 1 aliphatic rings. The highest BCUT2D eigenvalue weighted by Crippen LogP contribution is 2.38. The number of aryl methyl sites for hydroxylation is 1. The second-order valence-electron chi connectivity index (χ2n) is 6.42. The fraction of sp³-hybridized carbons (Fsp3) is 0.250. The van der Waals surface area contributed by atoms with Crippen molar-refractivity contribution < 1.29 is 4.79 Å². The van der Waals surface area contributed by atoms with Crippen LogP contribution in [0.2, 0.25) is 0 Å². The molecule has 1 fully saturated rings. The molecule has 4 rings (SSSR count). The molecule has 3 aromatic rings. The summed E-state index contributed by atoms with van der Waals surface area (Å²) in [6, 6.07) is 12.6. The molecule has 0 radical (unpaired) electrons. The van der Waals surface area contributed by atoms with Crippen molar-refractivity contribution >= 4 is 38.9 Å². The Bertz CT molecular complexity index is 940. The second kappa shape index (κ2) is 6.56. The zero-order chi connectivity index (χ0) is 17.4. The van der Waals surface area contributed by atoms with Gasteiger partial charge >= 0.3 is 0 Å². The lowest BCUT2D eigenvalue weighted by Gasteiger charge is -2.27. The van der Waals surface area contributed by atoms with E-state index in [0.29, 0.717) is 11.7 Å². The first-order valence-corrected chi connectivity index (χ1v) is 9.20. The summed E-state index contributed by atoms with van der Waals surface area (Å²) >= 11 is 3.51. The summed E-state index contributed by atoms with van der Waals surface area (Å²) in [6.07, 6.45) is 4.89. The average molecular weight is 396 g/mol. The molecule has 25 heavy (non-hydrogen) atoms. The van der Waals surface area contributed by atoms with E-state index >= 15 is 0 Å². The minimum Gasteiger partial charge on any atom is -0.349 e. The van der Waals surface area contributed by atoms with E-state index in [4.69, 9.17) is 4.98 Å². The number of benzene rings is 1. The molecule has 1 saturated heterocycles. The lowest BCUT2D eigenvalue weighted by molar-refractivity contribution is 0.111. The van der Waals surface area contributed by atoms with Crippen molar-refractivity contribution in [1.82, 2.24) is 9.97 Å². The SMILES string of the molecule is Cc1cnc(N2CCCC2c2ccc(Br)cc2)c2ccc(C=O)nc12. The number of halogens is 1. The van der Waals surface area contributed by atoms with E-state index in [2.05, 4.69) is 50.1 Å². The Labute approximate surface area is 155 Å². The van der Waals surface area contributed by atoms with Gasteiger partial charge in [0, 0.05) is 22.6 Å². The van der Waals surface area contributed by atoms with Crippen molar-refractivity contribution in [3.8, 4) is 0 Å². The molecule has 0 amide bonds. The van der Waals surface area contributed by atoms with Crippen molar-refractivity contribution in [2.75, 3.05) is 11.4 Å². The van der Waals surface area contributed by atoms with Gasteiger partial charge in [0.2, 0.25) is 0 Å². The van der Waals surface area contributed by atoms with Gasteiger partial charge in [0.25, 0.3) is 0 Å². The predicted molar refractivity (Wildman–Crippen MR) is 103 cm³/mol. The number of aromatic nitrogens is 2. The van der Waals surface area contributed by atoms with E-state index in [0.717, 1.165) is 52.4 Å². The molecule has 3 heterocycles. The van der Waals surface area contributed by atoms with Crippen molar-refractivity contribution in [3.63, 3.8) is 0 Å². The molecular weight excluding hydrogens is 378 g/mol. The van der Waals surface area contributed by atoms with Gasteiger partial charge in [-0.25, -0.2) is 9.97 Å². The molecule has 0 N–H and O–H groups in total. The largest absolute Gasteiger partial charge is 0.349 e. The normalized spacial score (nSPS) is 17.2. The topological polar surface area (TPSA) is 46.1 Å². The Morgan fingerprint density at radius 2 is 2.00 bits per heavy atom. The van der Waals surface area contributed by atoms with Gasteiger partial charge in [-0.15, -0.1) is 0 Å². The number of hydrogen-bond donors (Lipinski definition) is 0. The summed E-state index contributed by atoms with van der Waals surface area (Å²) in [5.41, 5.74) is 3.60. The van der Waals surface area contributed by atoms with Crippen molar-refractivity contribution in [2.24, 2.45) is 0 Å². The van der Waals surface area contributed by atoms with E-state index in [9.17, 15) is 4.79 Å². The maximum Gasteiger partial charge on any atom is 0.168 e. The number of nitrogens with zero attached hydrogens (tertiary/aromatic N) is 3. The molecule has 1 aliphatic heterocycles. The van der Waals surface area contributed by atoms with Gasteiger partial charge in [0.15, 0.2) is 6.29 Å². The molecule has 2 aromatic heterocycles. The van der Waals surface area contributed by atoms with Crippen LogP contribution in [0.15, 0.2) is 47.1 Å². The Balaban J connectivity index is 1.81. The fourth-order valence-electron chi connectivity index (χ4n) is 3.59. The van der Waals surface area contributed by atoms with Crippen LogP contribution < -0.4 is 4.90 Å². The monoisotopic (exact) mass is 395 g/mol. The van der Waals surface area contributed by atoms with Gasteiger partial charge in [-0.2, -0.15) is 0 Å². The molecule has 1 aromatic carbocycles. The number of rotatable bonds is 3. The zero-order valence-electron chi connectivity index (χ0n) is 13.9. The molecule has 0 aliphatic carbocycles. The Kier molecular flexibility index (Phi) is 4.25. The lowest BCUT2D eigenvalue weighted by atomic mass is 10.0. The predicted octanol–water partition coefficient (Wildman–Crippen LogP) is 4.85. The van der Waals surface area contributed by atoms with Crippen molar-refractivity contribution in [2.45, 2.75) is 25.8 Å². The summed E-state index contributed by atoms with van der Waals surface area (Å²) in [6.45, 7) is 2.96. The number of hydrogen-bond acceptors (Lipinski definition) is 4. The van der Waals surface area contributed by atoms with Crippen LogP contribution in [0.3, 0.4) is 0 Å². The summed E-state index contributed by atoms with van der Waals surface area (Å²) in [4.78, 5) is 22.7. The van der Waals surface area contributed by atoms with E-state index in [1.807, 2.05) is 19.2 Å². The number of pyridine rings is 2. The van der Waals surface area contributed by atoms with Crippen LogP contribution in [0.5, 0.6) is 0 Å². The minimum atomic E-state index is 0.317.